The van der Waals surface area contributed by atoms with Crippen molar-refractivity contribution in [3.05, 3.63) is 0 Å². The van der Waals surface area contributed by atoms with E-state index in [2.05, 4.69) is 5.11 Å². The normalized spacial score (nSPS) is 17.6. The van der Waals surface area contributed by atoms with Crippen LogP contribution in [-0.4, -0.2) is 12.6 Å². The molecule has 1 heteroatoms. The van der Waals surface area contributed by atoms with E-state index in [-0.39, 0.29) is 6.10 Å². The van der Waals surface area contributed by atoms with E-state index in [9.17, 15) is 0 Å². The summed E-state index contributed by atoms with van der Waals surface area (Å²) in [5.41, 5.74) is 0. The molecule has 0 aliphatic heterocycles. The molecule has 0 aromatic carbocycles. The first-order valence-corrected chi connectivity index (χ1v) is 1.93. The minimum atomic E-state index is 0.102. The molecule has 5 heavy (non-hydrogen) atoms. The Bertz CT molecular complexity index is 26.7. The van der Waals surface area contributed by atoms with Crippen molar-refractivity contribution >= 4 is 0 Å². The maximum absolute atomic E-state index is 6.31. The van der Waals surface area contributed by atoms with E-state index in [0.29, 0.717) is 0 Å². The van der Waals surface area contributed by atoms with E-state index in [0.717, 1.165) is 6.42 Å². The Balaban J connectivity index is 2.75. The summed E-state index contributed by atoms with van der Waals surface area (Å²) < 4.78 is 6.31. The predicted molar refractivity (Wildman–Crippen MR) is 22.0 cm³/mol. The summed E-state index contributed by atoms with van der Waals surface area (Å²) in [6, 6.07) is 0. The molecule has 0 amide bonds. The molecule has 0 saturated heterocycles. The van der Waals surface area contributed by atoms with Crippen molar-refractivity contribution in [3.8, 4) is 0 Å². The molecule has 0 saturated carbocycles. The van der Waals surface area contributed by atoms with E-state index < -0.39 is 0 Å². The molecular weight excluding hydrogens is 64.0 g/mol. The van der Waals surface area contributed by atoms with Crippen molar-refractivity contribution in [2.45, 2.75) is 26.4 Å². The Labute approximate surface area is 34.1 Å². The second kappa shape index (κ2) is 2.21. The third-order valence-corrected chi connectivity index (χ3v) is 0.575. The molecule has 32 valence electrons. The lowest BCUT2D eigenvalue weighted by Gasteiger charge is -1.90. The Morgan fingerprint density at radius 1 is 2.20 bits per heavy atom. The summed E-state index contributed by atoms with van der Waals surface area (Å²) in [6.45, 7) is 3.85. The van der Waals surface area contributed by atoms with E-state index in [1.807, 2.05) is 13.8 Å². The zero-order valence-corrected chi connectivity index (χ0v) is 3.69. The van der Waals surface area contributed by atoms with Crippen molar-refractivity contribution in [1.82, 2.24) is 0 Å². The lowest BCUT2D eigenvalue weighted by Crippen LogP contribution is -1.93. The highest BCUT2D eigenvalue weighted by atomic mass is 16.3. The van der Waals surface area contributed by atoms with Gasteiger partial charge in [-0.15, -0.1) is 0 Å². The zero-order chi connectivity index (χ0) is 4.99. The summed E-state index contributed by atoms with van der Waals surface area (Å²) in [5, 5.41) is 4.15. The van der Waals surface area contributed by atoms with E-state index in [1.54, 1.807) is 0 Å². The van der Waals surface area contributed by atoms with Gasteiger partial charge in [-0.25, -0.2) is 0 Å². The van der Waals surface area contributed by atoms with E-state index in [1.165, 1.54) is 0 Å². The topological polar surface area (TPSA) is 20.2 Å². The number of hydrogen-bond acceptors (Lipinski definition) is 1. The van der Waals surface area contributed by atoms with Crippen LogP contribution in [0.1, 0.15) is 20.3 Å². The molecular formula is C4H10O. The molecule has 0 bridgehead atoms. The van der Waals surface area contributed by atoms with Crippen LogP contribution < -0.4 is 0 Å². The van der Waals surface area contributed by atoms with Crippen molar-refractivity contribution in [3.63, 3.8) is 0 Å². The van der Waals surface area contributed by atoms with Crippen LogP contribution in [0.25, 0.3) is 0 Å². The molecule has 0 heterocycles. The lowest BCUT2D eigenvalue weighted by atomic mass is 10.3. The smallest absolute Gasteiger partial charge is 0.210 e. The van der Waals surface area contributed by atoms with Gasteiger partial charge in [-0.3, -0.25) is 0 Å². The van der Waals surface area contributed by atoms with Gasteiger partial charge in [0.05, 0.1) is 6.10 Å². The molecule has 1 unspecified atom stereocenters. The van der Waals surface area contributed by atoms with Gasteiger partial charge in [-0.1, -0.05) is 6.92 Å². The highest BCUT2D eigenvalue weighted by molar-refractivity contribution is 4.34. The number of rotatable bonds is 2. The van der Waals surface area contributed by atoms with Gasteiger partial charge in [-0.05, 0) is 13.3 Å². The van der Waals surface area contributed by atoms with Crippen LogP contribution >= 0.6 is 0 Å². The van der Waals surface area contributed by atoms with Gasteiger partial charge < -0.3 is 5.11 Å². The molecule has 0 fully saturated rings. The molecule has 0 aromatic rings. The molecule has 0 rings (SSSR count). The van der Waals surface area contributed by atoms with Crippen LogP contribution in [0.2, 0.25) is 0 Å². The monoisotopic (exact) mass is 75.1 g/mol. The summed E-state index contributed by atoms with van der Waals surface area (Å²) >= 11 is 0. The molecule has 1 N–H and O–H groups in total. The van der Waals surface area contributed by atoms with Crippen molar-refractivity contribution < 1.29 is 5.11 Å². The summed E-state index contributed by atoms with van der Waals surface area (Å²) in [4.78, 5) is 0. The van der Waals surface area contributed by atoms with Crippen LogP contribution in [0, 0.1) is 0 Å². The summed E-state index contributed by atoms with van der Waals surface area (Å²) in [7, 11) is 0. The molecule has 0 aromatic heterocycles. The Hall–Kier alpha value is -0.0400. The first kappa shape index (κ1) is 3.16. The number of aliphatic hydroxyl groups excluding tert-OH is 1. The van der Waals surface area contributed by atoms with Crippen LogP contribution in [0.4, 0.5) is 0 Å². The Morgan fingerprint density at radius 3 is 2.80 bits per heavy atom. The fraction of sp³-hybridized carbons (Fsp3) is 1.00. The van der Waals surface area contributed by atoms with Gasteiger partial charge in [0.2, 0.25) is 1.43 Å². The largest absolute Gasteiger partial charge is 0.393 e. The third-order valence-electron chi connectivity index (χ3n) is 0.575. The lowest BCUT2D eigenvalue weighted by molar-refractivity contribution is 0.191. The highest BCUT2D eigenvalue weighted by Crippen LogP contribution is 1.81. The molecule has 0 aliphatic carbocycles. The zero-order valence-electron chi connectivity index (χ0n) is 4.69. The van der Waals surface area contributed by atoms with E-state index >= 15 is 0 Å². The Kier molecular flexibility index (Phi) is 1.40. The van der Waals surface area contributed by atoms with Crippen LogP contribution in [0.5, 0.6) is 0 Å². The molecule has 1 atom stereocenters. The standard InChI is InChI=1S/C4H10O/c1-3-4(2)5/h4-5H,3H2,1-2H3/i5D. The number of hydrogen-bond donors (Lipinski definition) is 1. The van der Waals surface area contributed by atoms with Gasteiger partial charge in [-0.2, -0.15) is 0 Å². The third kappa shape index (κ3) is 3.96. The van der Waals surface area contributed by atoms with Crippen molar-refractivity contribution in [2.24, 2.45) is 0 Å². The second-order valence-corrected chi connectivity index (χ2v) is 1.22. The van der Waals surface area contributed by atoms with Gasteiger partial charge in [0, 0.05) is 0 Å². The van der Waals surface area contributed by atoms with Gasteiger partial charge in [0.15, 0.2) is 0 Å². The minimum Gasteiger partial charge on any atom is -0.393 e. The quantitative estimate of drug-likeness (QED) is 0.514. The highest BCUT2D eigenvalue weighted by Gasteiger charge is 1.81. The molecule has 0 aliphatic rings. The molecule has 0 spiro atoms. The fourth-order valence-corrected chi connectivity index (χ4v) is 0. The Morgan fingerprint density at radius 2 is 2.80 bits per heavy atom. The first-order chi connectivity index (χ1) is 2.81. The summed E-state index contributed by atoms with van der Waals surface area (Å²) in [6.07, 6.45) is 1.02. The average Bonchev–Trinajstić information content (AvgIpc) is 1.65. The van der Waals surface area contributed by atoms with Crippen molar-refractivity contribution in [1.29, 1.82) is 1.43 Å². The van der Waals surface area contributed by atoms with Gasteiger partial charge in [0.25, 0.3) is 0 Å². The predicted octanol–water partition coefficient (Wildman–Crippen LogP) is 0.777. The average molecular weight is 75.1 g/mol. The molecule has 0 radical (unpaired) electrons. The van der Waals surface area contributed by atoms with Gasteiger partial charge in [0.1, 0.15) is 0 Å². The maximum Gasteiger partial charge on any atom is 0.210 e. The van der Waals surface area contributed by atoms with Crippen LogP contribution in [0.3, 0.4) is 0 Å². The van der Waals surface area contributed by atoms with Gasteiger partial charge >= 0.3 is 0 Å². The SMILES string of the molecule is [2H]OC(C)CC. The van der Waals surface area contributed by atoms with E-state index in [4.69, 9.17) is 1.43 Å². The second-order valence-electron chi connectivity index (χ2n) is 1.22. The minimum absolute atomic E-state index is 0.102. The van der Waals surface area contributed by atoms with Crippen LogP contribution in [0.15, 0.2) is 0 Å². The maximum atomic E-state index is 6.31. The fourth-order valence-electron chi connectivity index (χ4n) is 0. The summed E-state index contributed by atoms with van der Waals surface area (Å²) in [5.74, 6) is 0. The van der Waals surface area contributed by atoms with Crippen LogP contribution in [-0.2, 0) is 0 Å². The number of aliphatic hydroxyl groups is 1. The molecule has 1 nitrogen and oxygen atoms in total. The van der Waals surface area contributed by atoms with Crippen molar-refractivity contribution in [2.75, 3.05) is 0 Å². The first-order valence-electron chi connectivity index (χ1n) is 2.34.